The average Bonchev–Trinajstić information content (AvgIpc) is 2.54. The van der Waals surface area contributed by atoms with Crippen LogP contribution in [0.2, 0.25) is 0 Å². The molecule has 6 heteroatoms. The summed E-state index contributed by atoms with van der Waals surface area (Å²) in [5.74, 6) is -0.491. The third-order valence-corrected chi connectivity index (χ3v) is 3.22. The van der Waals surface area contributed by atoms with Crippen LogP contribution < -0.4 is 10.9 Å². The normalized spacial score (nSPS) is 11.7. The van der Waals surface area contributed by atoms with Crippen LogP contribution in [-0.4, -0.2) is 31.8 Å². The standard InChI is InChI=1S/C17H25FN4O/c1-4-8-22(23-9-7-14(2)12-21-20-3)13-15-5-6-17(18)16(10-15)11-19/h5-7,10,20-21H,4,8-9,12-13H2,1-3H3/b14-7-. The van der Waals surface area contributed by atoms with Crippen LogP contribution in [0.25, 0.3) is 0 Å². The lowest BCUT2D eigenvalue weighted by molar-refractivity contribution is -0.155. The number of benzene rings is 1. The second kappa shape index (κ2) is 10.9. The van der Waals surface area contributed by atoms with Crippen LogP contribution in [0.15, 0.2) is 29.8 Å². The van der Waals surface area contributed by atoms with Gasteiger partial charge in [-0.1, -0.05) is 24.6 Å². The van der Waals surface area contributed by atoms with Gasteiger partial charge in [0.2, 0.25) is 0 Å². The van der Waals surface area contributed by atoms with Crippen molar-refractivity contribution < 1.29 is 9.23 Å². The van der Waals surface area contributed by atoms with Gasteiger partial charge in [0.15, 0.2) is 0 Å². The minimum atomic E-state index is -0.491. The van der Waals surface area contributed by atoms with Gasteiger partial charge in [-0.25, -0.2) is 4.39 Å². The van der Waals surface area contributed by atoms with Crippen molar-refractivity contribution >= 4 is 0 Å². The first-order valence-corrected chi connectivity index (χ1v) is 7.72. The zero-order chi connectivity index (χ0) is 17.1. The summed E-state index contributed by atoms with van der Waals surface area (Å²) in [6.45, 7) is 6.60. The maximum absolute atomic E-state index is 13.4. The minimum Gasteiger partial charge on any atom is -0.295 e. The molecule has 1 aromatic carbocycles. The SMILES string of the molecule is CCCN(Cc1ccc(F)c(C#N)c1)OC/C=C(/C)CNNC. The molecule has 0 aliphatic carbocycles. The Morgan fingerprint density at radius 2 is 2.26 bits per heavy atom. The fourth-order valence-corrected chi connectivity index (χ4v) is 1.98. The molecule has 1 aromatic rings. The Hall–Kier alpha value is -1.78. The lowest BCUT2D eigenvalue weighted by Crippen LogP contribution is -2.29. The smallest absolute Gasteiger partial charge is 0.140 e. The van der Waals surface area contributed by atoms with Crippen LogP contribution in [-0.2, 0) is 11.4 Å². The van der Waals surface area contributed by atoms with Crippen molar-refractivity contribution in [1.82, 2.24) is 15.9 Å². The molecule has 0 unspecified atom stereocenters. The predicted octanol–water partition coefficient (Wildman–Crippen LogP) is 2.51. The number of hydrazine groups is 1. The van der Waals surface area contributed by atoms with Gasteiger partial charge in [0.1, 0.15) is 11.9 Å². The number of halogens is 1. The summed E-state index contributed by atoms with van der Waals surface area (Å²) in [6, 6.07) is 6.44. The third kappa shape index (κ3) is 7.35. The number of hydrogen-bond acceptors (Lipinski definition) is 5. The molecule has 0 amide bonds. The third-order valence-electron chi connectivity index (χ3n) is 3.22. The van der Waals surface area contributed by atoms with Crippen LogP contribution in [0, 0.1) is 17.1 Å². The van der Waals surface area contributed by atoms with Crippen molar-refractivity contribution in [3.05, 3.63) is 46.8 Å². The van der Waals surface area contributed by atoms with Crippen LogP contribution >= 0.6 is 0 Å². The van der Waals surface area contributed by atoms with Gasteiger partial charge in [0.25, 0.3) is 0 Å². The summed E-state index contributed by atoms with van der Waals surface area (Å²) in [4.78, 5) is 5.77. The van der Waals surface area contributed by atoms with Crippen molar-refractivity contribution in [1.29, 1.82) is 5.26 Å². The number of nitriles is 1. The molecule has 0 spiro atoms. The molecule has 0 aliphatic rings. The zero-order valence-corrected chi connectivity index (χ0v) is 14.0. The second-order valence-corrected chi connectivity index (χ2v) is 5.24. The molecule has 0 saturated carbocycles. The Balaban J connectivity index is 2.60. The van der Waals surface area contributed by atoms with Gasteiger partial charge in [-0.3, -0.25) is 15.7 Å². The Labute approximate surface area is 137 Å². The molecule has 5 nitrogen and oxygen atoms in total. The van der Waals surface area contributed by atoms with Crippen molar-refractivity contribution in [3.63, 3.8) is 0 Å². The first-order valence-electron chi connectivity index (χ1n) is 7.72. The first-order chi connectivity index (χ1) is 11.1. The predicted molar refractivity (Wildman–Crippen MR) is 88.6 cm³/mol. The van der Waals surface area contributed by atoms with Gasteiger partial charge in [-0.05, 0) is 38.1 Å². The van der Waals surface area contributed by atoms with Crippen molar-refractivity contribution in [2.24, 2.45) is 0 Å². The monoisotopic (exact) mass is 320 g/mol. The van der Waals surface area contributed by atoms with E-state index in [2.05, 4.69) is 17.8 Å². The highest BCUT2D eigenvalue weighted by Crippen LogP contribution is 2.12. The summed E-state index contributed by atoms with van der Waals surface area (Å²) >= 11 is 0. The second-order valence-electron chi connectivity index (χ2n) is 5.24. The van der Waals surface area contributed by atoms with Crippen molar-refractivity contribution in [3.8, 4) is 6.07 Å². The Bertz CT molecular complexity index is 554. The molecule has 0 heterocycles. The largest absolute Gasteiger partial charge is 0.295 e. The van der Waals surface area contributed by atoms with Gasteiger partial charge in [-0.2, -0.15) is 10.3 Å². The molecular formula is C17H25FN4O. The fraction of sp³-hybridized carbons (Fsp3) is 0.471. The highest BCUT2D eigenvalue weighted by Gasteiger charge is 2.08. The molecule has 0 fully saturated rings. The van der Waals surface area contributed by atoms with E-state index in [9.17, 15) is 4.39 Å². The van der Waals surface area contributed by atoms with E-state index in [0.717, 1.165) is 25.1 Å². The molecule has 0 atom stereocenters. The van der Waals surface area contributed by atoms with Crippen LogP contribution in [0.3, 0.4) is 0 Å². The molecule has 0 aromatic heterocycles. The summed E-state index contributed by atoms with van der Waals surface area (Å²) in [6.07, 6.45) is 2.95. The Kier molecular flexibility index (Phi) is 9.10. The zero-order valence-electron chi connectivity index (χ0n) is 14.0. The average molecular weight is 320 g/mol. The number of rotatable bonds is 10. The van der Waals surface area contributed by atoms with E-state index in [1.807, 2.05) is 31.2 Å². The van der Waals surface area contributed by atoms with E-state index in [1.165, 1.54) is 11.6 Å². The number of hydroxylamine groups is 2. The molecule has 126 valence electrons. The molecule has 1 rings (SSSR count). The van der Waals surface area contributed by atoms with Crippen LogP contribution in [0.1, 0.15) is 31.4 Å². The fourth-order valence-electron chi connectivity index (χ4n) is 1.98. The van der Waals surface area contributed by atoms with Crippen molar-refractivity contribution in [2.45, 2.75) is 26.8 Å². The molecule has 0 saturated heterocycles. The molecule has 0 radical (unpaired) electrons. The quantitative estimate of drug-likeness (QED) is 0.512. The van der Waals surface area contributed by atoms with E-state index in [-0.39, 0.29) is 5.56 Å². The summed E-state index contributed by atoms with van der Waals surface area (Å²) in [5, 5.41) is 10.7. The van der Waals surface area contributed by atoms with Gasteiger partial charge >= 0.3 is 0 Å². The lowest BCUT2D eigenvalue weighted by Gasteiger charge is -2.21. The summed E-state index contributed by atoms with van der Waals surface area (Å²) in [7, 11) is 1.82. The Morgan fingerprint density at radius 3 is 2.91 bits per heavy atom. The molecule has 23 heavy (non-hydrogen) atoms. The van der Waals surface area contributed by atoms with Gasteiger partial charge in [0, 0.05) is 19.6 Å². The molecule has 0 aliphatic heterocycles. The molecule has 2 N–H and O–H groups in total. The first kappa shape index (κ1) is 19.3. The van der Waals surface area contributed by atoms with E-state index in [4.69, 9.17) is 10.1 Å². The highest BCUT2D eigenvalue weighted by atomic mass is 19.1. The van der Waals surface area contributed by atoms with Gasteiger partial charge < -0.3 is 0 Å². The van der Waals surface area contributed by atoms with E-state index in [0.29, 0.717) is 13.2 Å². The number of nitrogens with zero attached hydrogens (tertiary/aromatic N) is 2. The maximum Gasteiger partial charge on any atom is 0.140 e. The topological polar surface area (TPSA) is 60.3 Å². The maximum atomic E-state index is 13.4. The molecule has 0 bridgehead atoms. The van der Waals surface area contributed by atoms with Crippen LogP contribution in [0.5, 0.6) is 0 Å². The number of hydrogen-bond donors (Lipinski definition) is 2. The molecular weight excluding hydrogens is 295 g/mol. The summed E-state index contributed by atoms with van der Waals surface area (Å²) in [5.41, 5.74) is 7.97. The highest BCUT2D eigenvalue weighted by molar-refractivity contribution is 5.34. The van der Waals surface area contributed by atoms with Gasteiger partial charge in [0.05, 0.1) is 12.2 Å². The van der Waals surface area contributed by atoms with Crippen molar-refractivity contribution in [2.75, 3.05) is 26.7 Å². The van der Waals surface area contributed by atoms with Crippen LogP contribution in [0.4, 0.5) is 4.39 Å². The van der Waals surface area contributed by atoms with E-state index >= 15 is 0 Å². The van der Waals surface area contributed by atoms with Gasteiger partial charge in [-0.15, -0.1) is 0 Å². The minimum absolute atomic E-state index is 0.0628. The number of nitrogens with one attached hydrogen (secondary N) is 2. The van der Waals surface area contributed by atoms with E-state index in [1.54, 1.807) is 12.1 Å². The van der Waals surface area contributed by atoms with E-state index < -0.39 is 5.82 Å². The summed E-state index contributed by atoms with van der Waals surface area (Å²) < 4.78 is 13.4. The lowest BCUT2D eigenvalue weighted by atomic mass is 10.1. The Morgan fingerprint density at radius 1 is 1.48 bits per heavy atom.